The summed E-state index contributed by atoms with van der Waals surface area (Å²) in [5.74, 6) is 1.48. The van der Waals surface area contributed by atoms with Gasteiger partial charge >= 0.3 is 0 Å². The third-order valence-electron chi connectivity index (χ3n) is 5.02. The monoisotopic (exact) mass is 487 g/mol. The Morgan fingerprint density at radius 2 is 1.97 bits per heavy atom. The second kappa shape index (κ2) is 11.2. The number of rotatable bonds is 9. The van der Waals surface area contributed by atoms with Crippen LogP contribution in [-0.4, -0.2) is 65.5 Å². The maximum absolute atomic E-state index is 13.0. The number of benzene rings is 1. The fourth-order valence-corrected chi connectivity index (χ4v) is 5.08. The molecule has 1 saturated heterocycles. The number of para-hydroxylation sites is 1. The van der Waals surface area contributed by atoms with Crippen LogP contribution in [0.3, 0.4) is 0 Å². The summed E-state index contributed by atoms with van der Waals surface area (Å²) < 4.78 is 11.5. The zero-order valence-corrected chi connectivity index (χ0v) is 19.9. The summed E-state index contributed by atoms with van der Waals surface area (Å²) in [6.07, 6.45) is 1.58. The summed E-state index contributed by atoms with van der Waals surface area (Å²) in [5, 5.41) is 12.1. The molecule has 0 unspecified atom stereocenters. The molecule has 1 aliphatic heterocycles. The minimum Gasteiger partial charge on any atom is -0.493 e. The van der Waals surface area contributed by atoms with Gasteiger partial charge in [0, 0.05) is 26.2 Å². The summed E-state index contributed by atoms with van der Waals surface area (Å²) >= 11 is 2.81. The van der Waals surface area contributed by atoms with Gasteiger partial charge in [0.2, 0.25) is 11.0 Å². The van der Waals surface area contributed by atoms with E-state index in [0.717, 1.165) is 9.47 Å². The van der Waals surface area contributed by atoms with Gasteiger partial charge in [0.15, 0.2) is 4.34 Å². The van der Waals surface area contributed by atoms with E-state index >= 15 is 0 Å². The topological polar surface area (TPSA) is 101 Å². The molecule has 2 amide bonds. The number of piperazine rings is 1. The maximum atomic E-state index is 13.0. The van der Waals surface area contributed by atoms with E-state index in [1.54, 1.807) is 18.4 Å². The molecule has 0 bridgehead atoms. The molecule has 0 saturated carbocycles. The lowest BCUT2D eigenvalue weighted by molar-refractivity contribution is -0.118. The van der Waals surface area contributed by atoms with Crippen LogP contribution in [-0.2, 0) is 11.3 Å². The zero-order valence-electron chi connectivity index (χ0n) is 18.2. The highest BCUT2D eigenvalue weighted by Crippen LogP contribution is 2.29. The number of ether oxygens (including phenoxy) is 1. The van der Waals surface area contributed by atoms with Crippen LogP contribution in [0.4, 0.5) is 5.13 Å². The second-order valence-corrected chi connectivity index (χ2v) is 9.38. The summed E-state index contributed by atoms with van der Waals surface area (Å²) in [6, 6.07) is 10.9. The number of hydrogen-bond donors (Lipinski definition) is 1. The first kappa shape index (κ1) is 23.1. The van der Waals surface area contributed by atoms with Crippen molar-refractivity contribution in [2.45, 2.75) is 17.8 Å². The van der Waals surface area contributed by atoms with Gasteiger partial charge in [0.1, 0.15) is 11.5 Å². The van der Waals surface area contributed by atoms with E-state index in [4.69, 9.17) is 9.15 Å². The Morgan fingerprint density at radius 1 is 1.15 bits per heavy atom. The molecule has 0 atom stereocenters. The smallest absolute Gasteiger partial charge is 0.257 e. The van der Waals surface area contributed by atoms with Crippen molar-refractivity contribution in [1.29, 1.82) is 0 Å². The molecule has 0 radical (unpaired) electrons. The molecule has 2 aromatic heterocycles. The van der Waals surface area contributed by atoms with Gasteiger partial charge in [-0.05, 0) is 31.2 Å². The van der Waals surface area contributed by atoms with E-state index in [1.807, 2.05) is 36.1 Å². The molecule has 1 fully saturated rings. The number of carbonyl (C=O) groups excluding carboxylic acids is 2. The van der Waals surface area contributed by atoms with Gasteiger partial charge in [-0.15, -0.1) is 10.2 Å². The average Bonchev–Trinajstić information content (AvgIpc) is 3.54. The third-order valence-corrected chi connectivity index (χ3v) is 7.13. The highest BCUT2D eigenvalue weighted by Gasteiger charge is 2.26. The van der Waals surface area contributed by atoms with Gasteiger partial charge in [0.25, 0.3) is 5.91 Å². The lowest BCUT2D eigenvalue weighted by Crippen LogP contribution is -2.48. The number of nitrogens with one attached hydrogen (secondary N) is 1. The van der Waals surface area contributed by atoms with Crippen molar-refractivity contribution in [2.24, 2.45) is 0 Å². The van der Waals surface area contributed by atoms with Crippen LogP contribution in [0.1, 0.15) is 23.0 Å². The Balaban J connectivity index is 1.25. The zero-order chi connectivity index (χ0) is 23.0. The molecule has 1 aromatic carbocycles. The van der Waals surface area contributed by atoms with Gasteiger partial charge in [-0.2, -0.15) is 0 Å². The molecule has 9 nitrogen and oxygen atoms in total. The number of thioether (sulfide) groups is 1. The number of anilines is 1. The third kappa shape index (κ3) is 6.05. The first-order valence-electron chi connectivity index (χ1n) is 10.7. The van der Waals surface area contributed by atoms with Crippen molar-refractivity contribution in [3.05, 3.63) is 54.0 Å². The fourth-order valence-electron chi connectivity index (χ4n) is 3.36. The minimum atomic E-state index is -0.0902. The molecular weight excluding hydrogens is 462 g/mol. The Kier molecular flexibility index (Phi) is 7.84. The quantitative estimate of drug-likeness (QED) is 0.460. The maximum Gasteiger partial charge on any atom is 0.257 e. The standard InChI is InChI=1S/C22H25N5O4S2/c1-2-30-18-8-4-3-7-17(18)20(29)26-9-11-27(12-10-26)21-24-25-22(33-21)32-15-19(28)23-14-16-6-5-13-31-16/h3-8,13H,2,9-12,14-15H2,1H3,(H,23,28). The Labute approximate surface area is 200 Å². The lowest BCUT2D eigenvalue weighted by Gasteiger charge is -2.34. The number of hydrogen-bond acceptors (Lipinski definition) is 9. The predicted molar refractivity (Wildman–Crippen MR) is 127 cm³/mol. The van der Waals surface area contributed by atoms with Crippen LogP contribution in [0.25, 0.3) is 0 Å². The molecule has 33 heavy (non-hydrogen) atoms. The number of furan rings is 1. The average molecular weight is 488 g/mol. The first-order chi connectivity index (χ1) is 16.1. The summed E-state index contributed by atoms with van der Waals surface area (Å²) in [4.78, 5) is 29.0. The summed E-state index contributed by atoms with van der Waals surface area (Å²) in [6.45, 7) is 5.32. The van der Waals surface area contributed by atoms with Crippen LogP contribution < -0.4 is 15.0 Å². The van der Waals surface area contributed by atoms with Crippen LogP contribution in [0.15, 0.2) is 51.4 Å². The molecule has 3 aromatic rings. The van der Waals surface area contributed by atoms with Crippen molar-refractivity contribution in [1.82, 2.24) is 20.4 Å². The Bertz CT molecular complexity index is 1060. The van der Waals surface area contributed by atoms with Crippen molar-refractivity contribution in [3.8, 4) is 5.75 Å². The fraction of sp³-hybridized carbons (Fsp3) is 0.364. The van der Waals surface area contributed by atoms with Gasteiger partial charge in [0.05, 0.1) is 30.7 Å². The molecule has 4 rings (SSSR count). The van der Waals surface area contributed by atoms with Crippen molar-refractivity contribution in [3.63, 3.8) is 0 Å². The second-order valence-electron chi connectivity index (χ2n) is 7.20. The van der Waals surface area contributed by atoms with E-state index in [1.165, 1.54) is 23.1 Å². The molecule has 0 aliphatic carbocycles. The van der Waals surface area contributed by atoms with Crippen LogP contribution in [0, 0.1) is 0 Å². The van der Waals surface area contributed by atoms with Crippen LogP contribution in [0.5, 0.6) is 5.75 Å². The normalized spacial score (nSPS) is 13.7. The minimum absolute atomic E-state index is 0.0206. The number of amides is 2. The van der Waals surface area contributed by atoms with E-state index in [-0.39, 0.29) is 17.6 Å². The van der Waals surface area contributed by atoms with E-state index in [0.29, 0.717) is 56.4 Å². The van der Waals surface area contributed by atoms with Gasteiger partial charge in [-0.1, -0.05) is 35.2 Å². The molecule has 3 heterocycles. The highest BCUT2D eigenvalue weighted by atomic mass is 32.2. The number of carbonyl (C=O) groups is 2. The molecule has 1 aliphatic rings. The van der Waals surface area contributed by atoms with Gasteiger partial charge in [-0.3, -0.25) is 9.59 Å². The van der Waals surface area contributed by atoms with E-state index in [2.05, 4.69) is 20.4 Å². The summed E-state index contributed by atoms with van der Waals surface area (Å²) in [7, 11) is 0. The van der Waals surface area contributed by atoms with Crippen LogP contribution in [0.2, 0.25) is 0 Å². The Hall–Kier alpha value is -3.05. The molecule has 174 valence electrons. The van der Waals surface area contributed by atoms with Crippen LogP contribution >= 0.6 is 23.1 Å². The largest absolute Gasteiger partial charge is 0.493 e. The SMILES string of the molecule is CCOc1ccccc1C(=O)N1CCN(c2nnc(SCC(=O)NCc3ccco3)s2)CC1. The first-order valence-corrected chi connectivity index (χ1v) is 12.5. The lowest BCUT2D eigenvalue weighted by atomic mass is 10.1. The van der Waals surface area contributed by atoms with Crippen molar-refractivity contribution < 1.29 is 18.7 Å². The molecule has 1 N–H and O–H groups in total. The Morgan fingerprint density at radius 3 is 2.73 bits per heavy atom. The molecule has 11 heteroatoms. The highest BCUT2D eigenvalue weighted by molar-refractivity contribution is 8.01. The predicted octanol–water partition coefficient (Wildman–Crippen LogP) is 2.90. The summed E-state index contributed by atoms with van der Waals surface area (Å²) in [5.41, 5.74) is 0.590. The molecular formula is C22H25N5O4S2. The number of nitrogens with zero attached hydrogens (tertiary/aromatic N) is 4. The molecule has 0 spiro atoms. The number of aromatic nitrogens is 2. The van der Waals surface area contributed by atoms with Gasteiger partial charge in [-0.25, -0.2) is 0 Å². The van der Waals surface area contributed by atoms with Gasteiger partial charge < -0.3 is 24.3 Å². The van der Waals surface area contributed by atoms with Crippen molar-refractivity contribution >= 4 is 40.0 Å². The van der Waals surface area contributed by atoms with E-state index < -0.39 is 0 Å². The van der Waals surface area contributed by atoms with E-state index in [9.17, 15) is 9.59 Å². The van der Waals surface area contributed by atoms with Crippen molar-refractivity contribution in [2.75, 3.05) is 43.4 Å².